The molecule has 2 aromatic rings. The van der Waals surface area contributed by atoms with Crippen LogP contribution in [-0.2, 0) is 11.2 Å². The molecule has 1 aromatic carbocycles. The van der Waals surface area contributed by atoms with Gasteiger partial charge in [0.25, 0.3) is 5.91 Å². The number of hydrogen-bond donors (Lipinski definition) is 0. The number of carbonyl (C=O) groups is 2. The van der Waals surface area contributed by atoms with Crippen LogP contribution in [0.3, 0.4) is 0 Å². The summed E-state index contributed by atoms with van der Waals surface area (Å²) in [6.07, 6.45) is 0.341. The summed E-state index contributed by atoms with van der Waals surface area (Å²) in [4.78, 5) is 33.5. The molecule has 4 rings (SSSR count). The number of hydrogen-bond acceptors (Lipinski definition) is 7. The van der Waals surface area contributed by atoms with Crippen LogP contribution in [0.1, 0.15) is 36.1 Å². The van der Waals surface area contributed by atoms with Gasteiger partial charge in [-0.05, 0) is 24.6 Å². The standard InChI is InChI=1S/C20H24FN5O3S/c1-3-15-22-19-26(23-15)18(27)17(30-19)16(13-5-7-14(21)8-6-13)24-9-11-25(12-10-24)20(28)29-4-2/h5-8,16-17H,3-4,9-12H2,1-2H3. The fourth-order valence-electron chi connectivity index (χ4n) is 3.83. The highest BCUT2D eigenvalue weighted by Gasteiger charge is 2.43. The van der Waals surface area contributed by atoms with Gasteiger partial charge in [-0.1, -0.05) is 30.8 Å². The Balaban J connectivity index is 1.57. The predicted octanol–water partition coefficient (Wildman–Crippen LogP) is 2.61. The Hall–Kier alpha value is -2.46. The van der Waals surface area contributed by atoms with Crippen molar-refractivity contribution >= 4 is 23.8 Å². The zero-order valence-corrected chi connectivity index (χ0v) is 17.8. The van der Waals surface area contributed by atoms with E-state index in [1.807, 2.05) is 6.92 Å². The van der Waals surface area contributed by atoms with Gasteiger partial charge in [-0.15, -0.1) is 5.10 Å². The fourth-order valence-corrected chi connectivity index (χ4v) is 5.10. The van der Waals surface area contributed by atoms with Gasteiger partial charge in [0.15, 0.2) is 11.0 Å². The predicted molar refractivity (Wildman–Crippen MR) is 109 cm³/mol. The molecule has 0 bridgehead atoms. The van der Waals surface area contributed by atoms with Gasteiger partial charge in [0.2, 0.25) is 0 Å². The number of piperazine rings is 1. The number of rotatable bonds is 5. The summed E-state index contributed by atoms with van der Waals surface area (Å²) in [6.45, 7) is 6.24. The van der Waals surface area contributed by atoms with Crippen molar-refractivity contribution in [3.05, 3.63) is 41.5 Å². The molecule has 1 amide bonds. The molecule has 0 spiro atoms. The second-order valence-electron chi connectivity index (χ2n) is 7.17. The zero-order valence-electron chi connectivity index (χ0n) is 17.0. The van der Waals surface area contributed by atoms with Crippen LogP contribution < -0.4 is 0 Å². The second kappa shape index (κ2) is 8.73. The van der Waals surface area contributed by atoms with E-state index in [2.05, 4.69) is 15.0 Å². The van der Waals surface area contributed by atoms with Crippen molar-refractivity contribution in [3.63, 3.8) is 0 Å². The highest BCUT2D eigenvalue weighted by atomic mass is 32.2. The monoisotopic (exact) mass is 433 g/mol. The van der Waals surface area contributed by atoms with Gasteiger partial charge in [0, 0.05) is 32.6 Å². The lowest BCUT2D eigenvalue weighted by Gasteiger charge is -2.40. The van der Waals surface area contributed by atoms with Crippen LogP contribution in [0.2, 0.25) is 0 Å². The summed E-state index contributed by atoms with van der Waals surface area (Å²) in [7, 11) is 0. The molecule has 2 atom stereocenters. The van der Waals surface area contributed by atoms with Crippen molar-refractivity contribution in [1.82, 2.24) is 24.6 Å². The summed E-state index contributed by atoms with van der Waals surface area (Å²) < 4.78 is 20.0. The number of aryl methyl sites for hydroxylation is 1. The summed E-state index contributed by atoms with van der Waals surface area (Å²) >= 11 is 1.40. The van der Waals surface area contributed by atoms with Crippen LogP contribution in [0.25, 0.3) is 0 Å². The molecular formula is C20H24FN5O3S. The molecule has 8 nitrogen and oxygen atoms in total. The molecule has 0 N–H and O–H groups in total. The number of nitrogens with zero attached hydrogens (tertiary/aromatic N) is 5. The number of carbonyl (C=O) groups excluding carboxylic acids is 2. The maximum Gasteiger partial charge on any atom is 0.409 e. The maximum absolute atomic E-state index is 13.5. The summed E-state index contributed by atoms with van der Waals surface area (Å²) in [6, 6.07) is 5.98. The van der Waals surface area contributed by atoms with Crippen LogP contribution in [-0.4, -0.2) is 74.6 Å². The van der Waals surface area contributed by atoms with E-state index < -0.39 is 5.25 Å². The number of benzene rings is 1. The van der Waals surface area contributed by atoms with Crippen molar-refractivity contribution in [2.75, 3.05) is 32.8 Å². The normalized spacial score (nSPS) is 20.3. The summed E-state index contributed by atoms with van der Waals surface area (Å²) in [5.41, 5.74) is 0.855. The molecule has 2 aliphatic rings. The lowest BCUT2D eigenvalue weighted by molar-refractivity contribution is 0.0600. The van der Waals surface area contributed by atoms with Gasteiger partial charge in [-0.3, -0.25) is 9.69 Å². The number of thioether (sulfide) groups is 1. The van der Waals surface area contributed by atoms with Crippen molar-refractivity contribution in [2.24, 2.45) is 0 Å². The van der Waals surface area contributed by atoms with Crippen LogP contribution in [0.4, 0.5) is 9.18 Å². The highest BCUT2D eigenvalue weighted by Crippen LogP contribution is 2.41. The van der Waals surface area contributed by atoms with Crippen molar-refractivity contribution < 1.29 is 18.7 Å². The first kappa shape index (κ1) is 20.8. The molecule has 160 valence electrons. The quantitative estimate of drug-likeness (QED) is 0.717. The lowest BCUT2D eigenvalue weighted by Crippen LogP contribution is -2.52. The number of fused-ring (bicyclic) bond motifs is 1. The van der Waals surface area contributed by atoms with Gasteiger partial charge in [0.05, 0.1) is 12.6 Å². The van der Waals surface area contributed by atoms with E-state index >= 15 is 0 Å². The topological polar surface area (TPSA) is 80.6 Å². The Morgan fingerprint density at radius 3 is 2.53 bits per heavy atom. The first-order valence-corrected chi connectivity index (χ1v) is 11.0. The molecule has 0 saturated carbocycles. The third-order valence-corrected chi connectivity index (χ3v) is 6.54. The Labute approximate surface area is 178 Å². The van der Waals surface area contributed by atoms with Gasteiger partial charge in [-0.25, -0.2) is 14.2 Å². The molecule has 2 aliphatic heterocycles. The zero-order chi connectivity index (χ0) is 21.3. The molecule has 1 saturated heterocycles. The van der Waals surface area contributed by atoms with E-state index in [9.17, 15) is 14.0 Å². The van der Waals surface area contributed by atoms with E-state index in [0.29, 0.717) is 50.2 Å². The van der Waals surface area contributed by atoms with Crippen molar-refractivity contribution in [1.29, 1.82) is 0 Å². The van der Waals surface area contributed by atoms with Crippen molar-refractivity contribution in [2.45, 2.75) is 36.7 Å². The Morgan fingerprint density at radius 2 is 1.93 bits per heavy atom. The number of aromatic nitrogens is 3. The minimum atomic E-state index is -0.439. The third kappa shape index (κ3) is 3.93. The molecular weight excluding hydrogens is 409 g/mol. The summed E-state index contributed by atoms with van der Waals surface area (Å²) in [5.74, 6) is 0.201. The van der Waals surface area contributed by atoms with Gasteiger partial charge < -0.3 is 9.64 Å². The smallest absolute Gasteiger partial charge is 0.409 e. The first-order valence-electron chi connectivity index (χ1n) is 10.1. The van der Waals surface area contributed by atoms with E-state index in [-0.39, 0.29) is 23.9 Å². The van der Waals surface area contributed by atoms with E-state index in [4.69, 9.17) is 4.74 Å². The van der Waals surface area contributed by atoms with Crippen LogP contribution in [0, 0.1) is 5.82 Å². The average molecular weight is 434 g/mol. The van der Waals surface area contributed by atoms with Crippen molar-refractivity contribution in [3.8, 4) is 0 Å². The molecule has 1 aromatic heterocycles. The van der Waals surface area contributed by atoms with E-state index in [1.165, 1.54) is 28.6 Å². The molecule has 1 fully saturated rings. The van der Waals surface area contributed by atoms with Crippen LogP contribution in [0.5, 0.6) is 0 Å². The third-order valence-electron chi connectivity index (χ3n) is 5.35. The Kier molecular flexibility index (Phi) is 6.05. The minimum absolute atomic E-state index is 0.121. The SMILES string of the molecule is CCOC(=O)N1CCN(C(c2ccc(F)cc2)C2Sc3nc(CC)nn3C2=O)CC1. The molecule has 10 heteroatoms. The van der Waals surface area contributed by atoms with E-state index in [0.717, 1.165) is 5.56 Å². The Bertz CT molecular complexity index is 927. The molecule has 0 radical (unpaired) electrons. The molecule has 2 unspecified atom stereocenters. The Morgan fingerprint density at radius 1 is 1.23 bits per heavy atom. The second-order valence-corrected chi connectivity index (χ2v) is 8.28. The summed E-state index contributed by atoms with van der Waals surface area (Å²) in [5, 5.41) is 4.48. The van der Waals surface area contributed by atoms with Crippen LogP contribution >= 0.6 is 11.8 Å². The van der Waals surface area contributed by atoms with Crippen LogP contribution in [0.15, 0.2) is 29.4 Å². The van der Waals surface area contributed by atoms with Gasteiger partial charge >= 0.3 is 6.09 Å². The highest BCUT2D eigenvalue weighted by molar-refractivity contribution is 8.00. The average Bonchev–Trinajstić information content (AvgIpc) is 3.29. The largest absolute Gasteiger partial charge is 0.450 e. The van der Waals surface area contributed by atoms with Gasteiger partial charge in [0.1, 0.15) is 11.1 Å². The number of ether oxygens (including phenoxy) is 1. The van der Waals surface area contributed by atoms with E-state index in [1.54, 1.807) is 24.0 Å². The lowest BCUT2D eigenvalue weighted by atomic mass is 10.00. The molecule has 30 heavy (non-hydrogen) atoms. The molecule has 0 aliphatic carbocycles. The fraction of sp³-hybridized carbons (Fsp3) is 0.500. The number of halogens is 1. The minimum Gasteiger partial charge on any atom is -0.450 e. The molecule has 3 heterocycles. The maximum atomic E-state index is 13.5. The number of amides is 1. The first-order chi connectivity index (χ1) is 14.5. The van der Waals surface area contributed by atoms with Gasteiger partial charge in [-0.2, -0.15) is 4.68 Å².